The maximum absolute atomic E-state index is 11.8. The third kappa shape index (κ3) is 3.48. The zero-order valence-electron chi connectivity index (χ0n) is 11.3. The summed E-state index contributed by atoms with van der Waals surface area (Å²) in [7, 11) is 3.28. The van der Waals surface area contributed by atoms with Gasteiger partial charge in [-0.3, -0.25) is 4.98 Å². The molecule has 1 aromatic heterocycles. The molecule has 5 heteroatoms. The minimum atomic E-state index is -0.552. The molecule has 0 radical (unpaired) electrons. The molecule has 0 fully saturated rings. The van der Waals surface area contributed by atoms with E-state index in [1.54, 1.807) is 32.4 Å². The van der Waals surface area contributed by atoms with Crippen molar-refractivity contribution in [3.05, 3.63) is 64.9 Å². The Bertz CT molecular complexity index is 570. The van der Waals surface area contributed by atoms with Crippen LogP contribution in [0, 0.1) is 0 Å². The van der Waals surface area contributed by atoms with E-state index < -0.39 is 12.2 Å². The summed E-state index contributed by atoms with van der Waals surface area (Å²) in [6.07, 6.45) is 0.695. The van der Waals surface area contributed by atoms with Crippen LogP contribution >= 0.6 is 11.6 Å². The van der Waals surface area contributed by atoms with Crippen molar-refractivity contribution in [2.75, 3.05) is 14.1 Å². The summed E-state index contributed by atoms with van der Waals surface area (Å²) in [6, 6.07) is 12.7. The lowest BCUT2D eigenvalue weighted by molar-refractivity contribution is 0.0893. The molecule has 2 aromatic rings. The highest BCUT2D eigenvalue weighted by Gasteiger charge is 2.21. The third-order valence-corrected chi connectivity index (χ3v) is 2.96. The summed E-state index contributed by atoms with van der Waals surface area (Å²) >= 11 is 5.89. The lowest BCUT2D eigenvalue weighted by Crippen LogP contribution is -2.25. The Morgan fingerprint density at radius 1 is 1.20 bits per heavy atom. The monoisotopic (exact) mass is 290 g/mol. The van der Waals surface area contributed by atoms with E-state index in [1.807, 2.05) is 30.3 Å². The summed E-state index contributed by atoms with van der Waals surface area (Å²) in [5.74, 6) is 0. The zero-order chi connectivity index (χ0) is 14.5. The molecule has 1 aromatic carbocycles. The number of benzene rings is 1. The second-order valence-corrected chi connectivity index (χ2v) is 4.90. The number of amides is 1. The largest absolute Gasteiger partial charge is 0.435 e. The number of halogens is 1. The predicted octanol–water partition coefficient (Wildman–Crippen LogP) is 3.52. The van der Waals surface area contributed by atoms with Crippen molar-refractivity contribution < 1.29 is 9.53 Å². The first-order valence-electron chi connectivity index (χ1n) is 6.12. The number of pyridine rings is 1. The molecule has 0 aliphatic rings. The lowest BCUT2D eigenvalue weighted by atomic mass is 10.1. The van der Waals surface area contributed by atoms with Gasteiger partial charge >= 0.3 is 6.09 Å². The Kier molecular flexibility index (Phi) is 4.58. The van der Waals surface area contributed by atoms with E-state index in [1.165, 1.54) is 4.90 Å². The van der Waals surface area contributed by atoms with Crippen molar-refractivity contribution in [3.8, 4) is 0 Å². The molecule has 0 bridgehead atoms. The van der Waals surface area contributed by atoms with Crippen molar-refractivity contribution in [3.63, 3.8) is 0 Å². The van der Waals surface area contributed by atoms with E-state index >= 15 is 0 Å². The number of carbonyl (C=O) groups excluding carboxylic acids is 1. The first-order valence-corrected chi connectivity index (χ1v) is 6.50. The van der Waals surface area contributed by atoms with Crippen LogP contribution in [-0.4, -0.2) is 30.1 Å². The van der Waals surface area contributed by atoms with Crippen LogP contribution in [0.3, 0.4) is 0 Å². The Morgan fingerprint density at radius 2 is 1.90 bits per heavy atom. The molecule has 1 amide bonds. The Balaban J connectivity index is 2.34. The van der Waals surface area contributed by atoms with Gasteiger partial charge in [0.2, 0.25) is 0 Å². The van der Waals surface area contributed by atoms with Crippen LogP contribution in [0.15, 0.2) is 48.7 Å². The van der Waals surface area contributed by atoms with Gasteiger partial charge in [-0.2, -0.15) is 0 Å². The first-order chi connectivity index (χ1) is 9.58. The van der Waals surface area contributed by atoms with Crippen LogP contribution in [0.2, 0.25) is 5.02 Å². The minimum Gasteiger partial charge on any atom is -0.435 e. The molecule has 2 rings (SSSR count). The van der Waals surface area contributed by atoms with Gasteiger partial charge in [0.05, 0.1) is 5.69 Å². The molecule has 104 valence electrons. The van der Waals surface area contributed by atoms with Crippen LogP contribution in [0.1, 0.15) is 17.4 Å². The average molecular weight is 291 g/mol. The number of rotatable bonds is 3. The molecule has 1 atom stereocenters. The van der Waals surface area contributed by atoms with Gasteiger partial charge in [-0.1, -0.05) is 29.8 Å². The maximum atomic E-state index is 11.8. The van der Waals surface area contributed by atoms with Gasteiger partial charge in [0.1, 0.15) is 0 Å². The first kappa shape index (κ1) is 14.3. The molecule has 0 saturated heterocycles. The average Bonchev–Trinajstić information content (AvgIpc) is 2.46. The summed E-state index contributed by atoms with van der Waals surface area (Å²) < 4.78 is 5.51. The van der Waals surface area contributed by atoms with Gasteiger partial charge in [0.25, 0.3) is 0 Å². The smallest absolute Gasteiger partial charge is 0.410 e. The quantitative estimate of drug-likeness (QED) is 0.868. The zero-order valence-corrected chi connectivity index (χ0v) is 12.0. The second-order valence-electron chi connectivity index (χ2n) is 4.46. The van der Waals surface area contributed by atoms with Crippen molar-refractivity contribution >= 4 is 17.7 Å². The lowest BCUT2D eigenvalue weighted by Gasteiger charge is -2.20. The number of hydrogen-bond acceptors (Lipinski definition) is 3. The fourth-order valence-electron chi connectivity index (χ4n) is 1.67. The molecule has 20 heavy (non-hydrogen) atoms. The molecule has 1 heterocycles. The maximum Gasteiger partial charge on any atom is 0.410 e. The van der Waals surface area contributed by atoms with E-state index in [9.17, 15) is 4.79 Å². The van der Waals surface area contributed by atoms with Crippen LogP contribution in [0.25, 0.3) is 0 Å². The Morgan fingerprint density at radius 3 is 2.45 bits per heavy atom. The molecule has 0 aliphatic carbocycles. The van der Waals surface area contributed by atoms with Crippen LogP contribution in [0.4, 0.5) is 4.79 Å². The topological polar surface area (TPSA) is 42.4 Å². The van der Waals surface area contributed by atoms with E-state index in [-0.39, 0.29) is 0 Å². The van der Waals surface area contributed by atoms with Crippen LogP contribution < -0.4 is 0 Å². The standard InChI is InChI=1S/C15H15ClN2O2/c1-18(2)15(19)20-14(13-5-3-4-10-17-13)11-6-8-12(16)9-7-11/h3-10,14H,1-2H3. The number of aromatic nitrogens is 1. The molecular weight excluding hydrogens is 276 g/mol. The van der Waals surface area contributed by atoms with E-state index in [0.29, 0.717) is 10.7 Å². The van der Waals surface area contributed by atoms with Crippen molar-refractivity contribution in [1.29, 1.82) is 0 Å². The van der Waals surface area contributed by atoms with Gasteiger partial charge in [0.15, 0.2) is 6.10 Å². The van der Waals surface area contributed by atoms with Crippen LogP contribution in [0.5, 0.6) is 0 Å². The summed E-state index contributed by atoms with van der Waals surface area (Å²) in [5.41, 5.74) is 1.49. The third-order valence-electron chi connectivity index (χ3n) is 2.71. The van der Waals surface area contributed by atoms with E-state index in [0.717, 1.165) is 5.56 Å². The van der Waals surface area contributed by atoms with Gasteiger partial charge < -0.3 is 9.64 Å². The second kappa shape index (κ2) is 6.39. The minimum absolute atomic E-state index is 0.421. The number of hydrogen-bond donors (Lipinski definition) is 0. The summed E-state index contributed by atoms with van der Waals surface area (Å²) in [4.78, 5) is 17.5. The molecule has 0 spiro atoms. The molecule has 4 nitrogen and oxygen atoms in total. The van der Waals surface area contributed by atoms with Crippen molar-refractivity contribution in [1.82, 2.24) is 9.88 Å². The van der Waals surface area contributed by atoms with Gasteiger partial charge in [-0.05, 0) is 29.8 Å². The molecular formula is C15H15ClN2O2. The Labute approximate surface area is 123 Å². The Hall–Kier alpha value is -2.07. The number of carbonyl (C=O) groups is 1. The van der Waals surface area contributed by atoms with Crippen molar-refractivity contribution in [2.45, 2.75) is 6.10 Å². The molecule has 0 aliphatic heterocycles. The predicted molar refractivity (Wildman–Crippen MR) is 77.7 cm³/mol. The van der Waals surface area contributed by atoms with E-state index in [4.69, 9.17) is 16.3 Å². The van der Waals surface area contributed by atoms with Crippen molar-refractivity contribution in [2.24, 2.45) is 0 Å². The number of nitrogens with zero attached hydrogens (tertiary/aromatic N) is 2. The summed E-state index contributed by atoms with van der Waals surface area (Å²) in [5, 5.41) is 0.632. The normalized spacial score (nSPS) is 11.8. The van der Waals surface area contributed by atoms with E-state index in [2.05, 4.69) is 4.98 Å². The molecule has 0 N–H and O–H groups in total. The highest BCUT2D eigenvalue weighted by atomic mass is 35.5. The van der Waals surface area contributed by atoms with Gasteiger partial charge in [0, 0.05) is 25.3 Å². The van der Waals surface area contributed by atoms with Gasteiger partial charge in [-0.25, -0.2) is 4.79 Å². The fourth-order valence-corrected chi connectivity index (χ4v) is 1.80. The molecule has 0 saturated carbocycles. The highest BCUT2D eigenvalue weighted by Crippen LogP contribution is 2.26. The molecule has 1 unspecified atom stereocenters. The highest BCUT2D eigenvalue weighted by molar-refractivity contribution is 6.30. The van der Waals surface area contributed by atoms with Crippen LogP contribution in [-0.2, 0) is 4.74 Å². The fraction of sp³-hybridized carbons (Fsp3) is 0.200. The summed E-state index contributed by atoms with van der Waals surface area (Å²) in [6.45, 7) is 0. The van der Waals surface area contributed by atoms with Gasteiger partial charge in [-0.15, -0.1) is 0 Å². The number of ether oxygens (including phenoxy) is 1. The SMILES string of the molecule is CN(C)C(=O)OC(c1ccc(Cl)cc1)c1ccccn1.